The average Bonchev–Trinajstić information content (AvgIpc) is 3.30. The number of aromatic nitrogens is 7. The first-order chi connectivity index (χ1) is 17.5. The Morgan fingerprint density at radius 3 is 2.58 bits per heavy atom. The van der Waals surface area contributed by atoms with Crippen LogP contribution in [0.4, 0.5) is 11.6 Å². The van der Waals surface area contributed by atoms with Crippen molar-refractivity contribution in [3.63, 3.8) is 0 Å². The van der Waals surface area contributed by atoms with Gasteiger partial charge in [0.2, 0.25) is 0 Å². The van der Waals surface area contributed by atoms with Crippen LogP contribution in [-0.4, -0.2) is 34.3 Å². The van der Waals surface area contributed by atoms with Crippen molar-refractivity contribution < 1.29 is 0 Å². The molecule has 1 unspecified atom stereocenters. The minimum atomic E-state index is -0.458. The van der Waals surface area contributed by atoms with Gasteiger partial charge in [-0.3, -0.25) is 14.0 Å². The summed E-state index contributed by atoms with van der Waals surface area (Å²) in [4.78, 5) is 31.6. The van der Waals surface area contributed by atoms with Crippen LogP contribution in [0.5, 0.6) is 0 Å². The molecule has 0 amide bonds. The van der Waals surface area contributed by atoms with Crippen LogP contribution in [0, 0.1) is 11.8 Å². The van der Waals surface area contributed by atoms with Gasteiger partial charge in [-0.2, -0.15) is 5.10 Å². The van der Waals surface area contributed by atoms with E-state index in [0.29, 0.717) is 45.2 Å². The average molecular weight is 478 g/mol. The van der Waals surface area contributed by atoms with Crippen LogP contribution in [0.25, 0.3) is 28.0 Å². The third kappa shape index (κ3) is 4.03. The van der Waals surface area contributed by atoms with Gasteiger partial charge in [0.05, 0.1) is 22.6 Å². The summed E-state index contributed by atoms with van der Waals surface area (Å²) in [6.45, 7) is 3.64. The Morgan fingerprint density at radius 1 is 1.06 bits per heavy atom. The van der Waals surface area contributed by atoms with Gasteiger partial charge in [0.25, 0.3) is 5.56 Å². The molecular formula is C26H23N9O. The molecule has 2 aromatic carbocycles. The van der Waals surface area contributed by atoms with E-state index < -0.39 is 6.04 Å². The summed E-state index contributed by atoms with van der Waals surface area (Å²) in [5.74, 6) is 7.46. The van der Waals surface area contributed by atoms with E-state index >= 15 is 0 Å². The maximum atomic E-state index is 13.9. The Hall–Kier alpha value is -5.04. The van der Waals surface area contributed by atoms with Gasteiger partial charge in [0.1, 0.15) is 35.7 Å². The topological polar surface area (TPSA) is 129 Å². The van der Waals surface area contributed by atoms with Crippen molar-refractivity contribution in [1.29, 1.82) is 0 Å². The molecule has 0 aliphatic carbocycles. The molecule has 0 saturated heterocycles. The Balaban J connectivity index is 1.70. The molecule has 10 heteroatoms. The van der Waals surface area contributed by atoms with E-state index in [4.69, 9.17) is 10.7 Å². The Bertz CT molecular complexity index is 1690. The summed E-state index contributed by atoms with van der Waals surface area (Å²) in [7, 11) is 1.76. The van der Waals surface area contributed by atoms with Crippen LogP contribution in [0.1, 0.15) is 31.3 Å². The minimum absolute atomic E-state index is 0.206. The SMILES string of the molecule is CC#Cc1cccc2nc(C(C)Nc3ncnc(N)c3-c3ncn(C)n3)n(-c3ccccc3)c(=O)c12. The Morgan fingerprint density at radius 2 is 1.86 bits per heavy atom. The van der Waals surface area contributed by atoms with Gasteiger partial charge in [-0.1, -0.05) is 30.2 Å². The lowest BCUT2D eigenvalue weighted by atomic mass is 10.1. The van der Waals surface area contributed by atoms with Gasteiger partial charge < -0.3 is 11.1 Å². The van der Waals surface area contributed by atoms with E-state index in [1.807, 2.05) is 55.5 Å². The summed E-state index contributed by atoms with van der Waals surface area (Å²) >= 11 is 0. The van der Waals surface area contributed by atoms with E-state index in [2.05, 4.69) is 37.2 Å². The fourth-order valence-corrected chi connectivity index (χ4v) is 4.06. The Labute approximate surface area is 206 Å². The highest BCUT2D eigenvalue weighted by atomic mass is 16.1. The van der Waals surface area contributed by atoms with E-state index in [1.165, 1.54) is 6.33 Å². The summed E-state index contributed by atoms with van der Waals surface area (Å²) in [6, 6.07) is 14.4. The molecule has 0 aliphatic heterocycles. The van der Waals surface area contributed by atoms with Crippen LogP contribution in [-0.2, 0) is 7.05 Å². The summed E-state index contributed by atoms with van der Waals surface area (Å²) in [5, 5.41) is 8.17. The second kappa shape index (κ2) is 9.31. The number of fused-ring (bicyclic) bond motifs is 1. The smallest absolute Gasteiger partial charge is 0.267 e. The molecule has 10 nitrogen and oxygen atoms in total. The van der Waals surface area contributed by atoms with Crippen LogP contribution >= 0.6 is 0 Å². The predicted molar refractivity (Wildman–Crippen MR) is 138 cm³/mol. The van der Waals surface area contributed by atoms with Crippen LogP contribution in [0.3, 0.4) is 0 Å². The number of rotatable bonds is 5. The van der Waals surface area contributed by atoms with Crippen molar-refractivity contribution in [1.82, 2.24) is 34.3 Å². The van der Waals surface area contributed by atoms with Gasteiger partial charge >= 0.3 is 0 Å². The molecule has 0 fully saturated rings. The predicted octanol–water partition coefficient (Wildman–Crippen LogP) is 3.10. The highest BCUT2D eigenvalue weighted by Crippen LogP contribution is 2.30. The van der Waals surface area contributed by atoms with E-state index in [9.17, 15) is 4.79 Å². The van der Waals surface area contributed by atoms with E-state index in [-0.39, 0.29) is 11.4 Å². The normalized spacial score (nSPS) is 11.6. The van der Waals surface area contributed by atoms with Gasteiger partial charge in [-0.15, -0.1) is 5.92 Å². The number of aryl methyl sites for hydroxylation is 1. The zero-order chi connectivity index (χ0) is 25.2. The Kier molecular flexibility index (Phi) is 5.88. The number of para-hydroxylation sites is 1. The summed E-state index contributed by atoms with van der Waals surface area (Å²) in [6.07, 6.45) is 2.94. The van der Waals surface area contributed by atoms with Gasteiger partial charge in [-0.05, 0) is 38.1 Å². The quantitative estimate of drug-likeness (QED) is 0.370. The summed E-state index contributed by atoms with van der Waals surface area (Å²) < 4.78 is 3.17. The number of nitrogens with zero attached hydrogens (tertiary/aromatic N) is 7. The van der Waals surface area contributed by atoms with Crippen molar-refractivity contribution in [2.75, 3.05) is 11.1 Å². The molecule has 3 N–H and O–H groups in total. The number of benzene rings is 2. The fourth-order valence-electron chi connectivity index (χ4n) is 4.06. The van der Waals surface area contributed by atoms with Crippen molar-refractivity contribution in [2.24, 2.45) is 7.05 Å². The number of hydrogen-bond acceptors (Lipinski definition) is 8. The van der Waals surface area contributed by atoms with E-state index in [1.54, 1.807) is 29.5 Å². The van der Waals surface area contributed by atoms with Crippen LogP contribution in [0.2, 0.25) is 0 Å². The zero-order valence-electron chi connectivity index (χ0n) is 20.0. The van der Waals surface area contributed by atoms with Crippen molar-refractivity contribution >= 4 is 22.5 Å². The number of nitrogen functional groups attached to an aromatic ring is 1. The molecule has 36 heavy (non-hydrogen) atoms. The molecule has 0 spiro atoms. The lowest BCUT2D eigenvalue weighted by Gasteiger charge is -2.21. The van der Waals surface area contributed by atoms with Crippen molar-refractivity contribution in [3.8, 4) is 28.9 Å². The highest BCUT2D eigenvalue weighted by molar-refractivity contribution is 5.85. The molecule has 1 atom stereocenters. The fraction of sp³-hybridized carbons (Fsp3) is 0.154. The lowest BCUT2D eigenvalue weighted by molar-refractivity contribution is 0.730. The number of hydrogen-bond donors (Lipinski definition) is 2. The second-order valence-electron chi connectivity index (χ2n) is 8.11. The molecule has 178 valence electrons. The molecule has 0 radical (unpaired) electrons. The molecule has 5 aromatic rings. The van der Waals surface area contributed by atoms with Gasteiger partial charge in [0.15, 0.2) is 5.82 Å². The number of nitrogens with two attached hydrogens (primary N) is 1. The minimum Gasteiger partial charge on any atom is -0.383 e. The maximum absolute atomic E-state index is 13.9. The molecular weight excluding hydrogens is 454 g/mol. The van der Waals surface area contributed by atoms with Crippen LogP contribution in [0.15, 0.2) is 66.0 Å². The monoisotopic (exact) mass is 477 g/mol. The first kappa shape index (κ1) is 22.7. The lowest BCUT2D eigenvalue weighted by Crippen LogP contribution is -2.28. The first-order valence-corrected chi connectivity index (χ1v) is 11.2. The highest BCUT2D eigenvalue weighted by Gasteiger charge is 2.22. The molecule has 5 rings (SSSR count). The molecule has 3 aromatic heterocycles. The molecule has 0 saturated carbocycles. The zero-order valence-corrected chi connectivity index (χ0v) is 20.0. The summed E-state index contributed by atoms with van der Waals surface area (Å²) in [5.41, 5.74) is 8.33. The largest absolute Gasteiger partial charge is 0.383 e. The van der Waals surface area contributed by atoms with Gasteiger partial charge in [0, 0.05) is 12.6 Å². The molecule has 0 aliphatic rings. The number of anilines is 2. The van der Waals surface area contributed by atoms with E-state index in [0.717, 1.165) is 0 Å². The maximum Gasteiger partial charge on any atom is 0.267 e. The number of nitrogens with one attached hydrogen (secondary N) is 1. The van der Waals surface area contributed by atoms with Crippen molar-refractivity contribution in [2.45, 2.75) is 19.9 Å². The first-order valence-electron chi connectivity index (χ1n) is 11.2. The second-order valence-corrected chi connectivity index (χ2v) is 8.11. The third-order valence-corrected chi connectivity index (χ3v) is 5.64. The molecule has 0 bridgehead atoms. The molecule has 3 heterocycles. The third-order valence-electron chi connectivity index (χ3n) is 5.64. The van der Waals surface area contributed by atoms with Gasteiger partial charge in [-0.25, -0.2) is 19.9 Å². The standard InChI is InChI=1S/C26H23N9O/c1-4-9-17-10-8-13-19-20(17)26(36)35(18-11-6-5-7-12-18)25(32-19)16(2)31-23-21(22(27)28-14-29-23)24-30-15-34(3)33-24/h5-8,10-16H,1-3H3,(H3,27,28,29,31). The van der Waals surface area contributed by atoms with Crippen LogP contribution < -0.4 is 16.6 Å². The van der Waals surface area contributed by atoms with Crippen molar-refractivity contribution in [3.05, 3.63) is 82.9 Å².